The summed E-state index contributed by atoms with van der Waals surface area (Å²) in [4.78, 5) is 44.7. The average molecular weight is 410 g/mol. The summed E-state index contributed by atoms with van der Waals surface area (Å²) in [5, 5.41) is 9.93. The van der Waals surface area contributed by atoms with E-state index in [2.05, 4.69) is 4.98 Å². The first-order valence-corrected chi connectivity index (χ1v) is 9.02. The maximum absolute atomic E-state index is 12.1. The summed E-state index contributed by atoms with van der Waals surface area (Å²) >= 11 is 1.28. The van der Waals surface area contributed by atoms with Gasteiger partial charge in [0, 0.05) is 18.4 Å². The number of hydroxylamine groups is 1. The van der Waals surface area contributed by atoms with Crippen LogP contribution in [-0.4, -0.2) is 34.9 Å². The van der Waals surface area contributed by atoms with Crippen molar-refractivity contribution in [2.75, 3.05) is 12.2 Å². The molecular formula is C20H14N2O6S. The Morgan fingerprint density at radius 2 is 1.86 bits per heavy atom. The molecule has 0 aliphatic carbocycles. The van der Waals surface area contributed by atoms with Gasteiger partial charge in [0.15, 0.2) is 11.5 Å². The number of nitrogens with zero attached hydrogens (tertiary/aromatic N) is 2. The minimum atomic E-state index is -1.40. The highest BCUT2D eigenvalue weighted by atomic mass is 32.1. The molecule has 8 nitrogen and oxygen atoms in total. The zero-order chi connectivity index (χ0) is 21.0. The lowest BCUT2D eigenvalue weighted by Gasteiger charge is -2.19. The van der Waals surface area contributed by atoms with Gasteiger partial charge in [-0.25, -0.2) is 9.78 Å². The number of hydrogen-bond donors (Lipinski definition) is 1. The minimum absolute atomic E-state index is 0.123. The van der Waals surface area contributed by atoms with Gasteiger partial charge in [-0.05, 0) is 36.3 Å². The summed E-state index contributed by atoms with van der Waals surface area (Å²) in [5.41, 5.74) is 0.851. The number of fused-ring (bicyclic) bond motifs is 1. The van der Waals surface area contributed by atoms with Crippen molar-refractivity contribution < 1.29 is 29.1 Å². The number of carboxylic acids is 1. The number of rotatable bonds is 5. The van der Waals surface area contributed by atoms with Crippen LogP contribution >= 0.6 is 11.3 Å². The van der Waals surface area contributed by atoms with E-state index in [-0.39, 0.29) is 17.1 Å². The van der Waals surface area contributed by atoms with Gasteiger partial charge in [-0.15, -0.1) is 5.06 Å². The van der Waals surface area contributed by atoms with Crippen LogP contribution < -0.4 is 14.6 Å². The van der Waals surface area contributed by atoms with Gasteiger partial charge in [-0.2, -0.15) is 0 Å². The van der Waals surface area contributed by atoms with Crippen molar-refractivity contribution in [3.8, 4) is 23.3 Å². The van der Waals surface area contributed by atoms with E-state index < -0.39 is 17.7 Å². The summed E-state index contributed by atoms with van der Waals surface area (Å²) < 4.78 is 6.13. The second-order valence-corrected chi connectivity index (χ2v) is 6.63. The molecule has 29 heavy (non-hydrogen) atoms. The fourth-order valence-corrected chi connectivity index (χ4v) is 3.30. The van der Waals surface area contributed by atoms with Crippen molar-refractivity contribution in [3.05, 3.63) is 48.0 Å². The first-order valence-electron chi connectivity index (χ1n) is 8.20. The van der Waals surface area contributed by atoms with Crippen LogP contribution in [0.25, 0.3) is 10.2 Å². The van der Waals surface area contributed by atoms with Crippen molar-refractivity contribution in [3.63, 3.8) is 0 Å². The quantitative estimate of drug-likeness (QED) is 0.298. The van der Waals surface area contributed by atoms with Crippen LogP contribution in [0.4, 0.5) is 5.13 Å². The first kappa shape index (κ1) is 19.9. The number of ketones is 1. The second kappa shape index (κ2) is 8.41. The Morgan fingerprint density at radius 3 is 2.52 bits per heavy atom. The lowest BCUT2D eigenvalue weighted by molar-refractivity contribution is -0.130. The van der Waals surface area contributed by atoms with Crippen LogP contribution in [0.3, 0.4) is 0 Å². The Hall–Kier alpha value is -3.90. The van der Waals surface area contributed by atoms with Crippen LogP contribution in [0.15, 0.2) is 42.5 Å². The number of aliphatic carboxylic acids is 1. The molecule has 2 aromatic carbocycles. The van der Waals surface area contributed by atoms with Crippen LogP contribution in [0.2, 0.25) is 0 Å². The highest BCUT2D eigenvalue weighted by molar-refractivity contribution is 7.22. The number of benzene rings is 2. The Kier molecular flexibility index (Phi) is 5.76. The van der Waals surface area contributed by atoms with Crippen LogP contribution in [-0.2, 0) is 9.59 Å². The minimum Gasteiger partial charge on any atom is -0.493 e. The number of aromatic nitrogens is 1. The molecule has 0 unspecified atom stereocenters. The number of carbonyl (C=O) groups is 3. The van der Waals surface area contributed by atoms with Gasteiger partial charge in [-0.3, -0.25) is 9.59 Å². The standard InChI is InChI=1S/C20H14N2O6S/c1-12(23)22(20-21-14-5-3-4-6-18(14)29-20)28-16-9-7-13(11-17(16)27-2)15(24)8-10-19(25)26/h3-7,9,11H,1-2H3,(H,25,26). The largest absolute Gasteiger partial charge is 0.493 e. The third-order valence-electron chi connectivity index (χ3n) is 3.64. The van der Waals surface area contributed by atoms with Crippen molar-refractivity contribution in [1.29, 1.82) is 0 Å². The third kappa shape index (κ3) is 4.51. The number of anilines is 1. The molecule has 1 heterocycles. The molecule has 0 aliphatic rings. The topological polar surface area (TPSA) is 106 Å². The van der Waals surface area contributed by atoms with Crippen molar-refractivity contribution in [2.45, 2.75) is 6.92 Å². The SMILES string of the molecule is COc1cc(C(=O)C#CC(=O)O)ccc1ON(C(C)=O)c1nc2ccccc2s1. The van der Waals surface area contributed by atoms with Gasteiger partial charge in [0.2, 0.25) is 10.9 Å². The molecule has 1 N–H and O–H groups in total. The van der Waals surface area contributed by atoms with Crippen molar-refractivity contribution in [2.24, 2.45) is 0 Å². The predicted molar refractivity (Wildman–Crippen MR) is 106 cm³/mol. The molecule has 0 fully saturated rings. The molecule has 146 valence electrons. The Labute approximate surface area is 169 Å². The molecule has 1 amide bonds. The maximum Gasteiger partial charge on any atom is 0.382 e. The lowest BCUT2D eigenvalue weighted by Crippen LogP contribution is -2.32. The van der Waals surface area contributed by atoms with E-state index in [1.807, 2.05) is 30.2 Å². The van der Waals surface area contributed by atoms with Gasteiger partial charge in [-0.1, -0.05) is 23.5 Å². The fraction of sp³-hybridized carbons (Fsp3) is 0.100. The second-order valence-electron chi connectivity index (χ2n) is 5.62. The molecule has 9 heteroatoms. The zero-order valence-corrected chi connectivity index (χ0v) is 16.1. The van der Waals surface area contributed by atoms with E-state index in [1.54, 1.807) is 5.92 Å². The van der Waals surface area contributed by atoms with Crippen LogP contribution in [0, 0.1) is 11.8 Å². The molecule has 0 saturated carbocycles. The highest BCUT2D eigenvalue weighted by Crippen LogP contribution is 2.33. The smallest absolute Gasteiger partial charge is 0.382 e. The Bertz CT molecular complexity index is 1140. The maximum atomic E-state index is 12.1. The molecule has 0 saturated heterocycles. The van der Waals surface area contributed by atoms with Gasteiger partial charge in [0.05, 0.1) is 17.3 Å². The lowest BCUT2D eigenvalue weighted by atomic mass is 10.1. The van der Waals surface area contributed by atoms with E-state index in [0.717, 1.165) is 15.3 Å². The molecule has 0 radical (unpaired) electrons. The monoisotopic (exact) mass is 410 g/mol. The Balaban J connectivity index is 1.92. The molecule has 0 atom stereocenters. The number of amides is 1. The third-order valence-corrected chi connectivity index (χ3v) is 4.65. The number of hydrogen-bond acceptors (Lipinski definition) is 7. The van der Waals surface area contributed by atoms with Gasteiger partial charge in [0.1, 0.15) is 0 Å². The first-order chi connectivity index (χ1) is 13.9. The number of Topliss-reactive ketones (excluding diaryl/α,β-unsaturated/α-hetero) is 1. The molecule has 3 aromatic rings. The number of ether oxygens (including phenoxy) is 1. The Morgan fingerprint density at radius 1 is 1.10 bits per heavy atom. The summed E-state index contributed by atoms with van der Waals surface area (Å²) in [7, 11) is 1.37. The summed E-state index contributed by atoms with van der Waals surface area (Å²) in [6, 6.07) is 11.6. The predicted octanol–water partition coefficient (Wildman–Crippen LogP) is 2.92. The number of para-hydroxylation sites is 1. The summed E-state index contributed by atoms with van der Waals surface area (Å²) in [6.07, 6.45) is 0. The van der Waals surface area contributed by atoms with E-state index >= 15 is 0 Å². The average Bonchev–Trinajstić information content (AvgIpc) is 3.13. The molecule has 1 aromatic heterocycles. The van der Waals surface area contributed by atoms with Crippen molar-refractivity contribution in [1.82, 2.24) is 4.98 Å². The molecular weight excluding hydrogens is 396 g/mol. The normalized spacial score (nSPS) is 10.0. The number of methoxy groups -OCH3 is 1. The summed E-state index contributed by atoms with van der Waals surface area (Å²) in [6.45, 7) is 1.33. The van der Waals surface area contributed by atoms with E-state index in [1.165, 1.54) is 43.6 Å². The van der Waals surface area contributed by atoms with Crippen molar-refractivity contribution >= 4 is 44.3 Å². The number of thiazole rings is 1. The number of carbonyl (C=O) groups excluding carboxylic acids is 2. The number of carboxylic acid groups (broad SMARTS) is 1. The van der Waals surface area contributed by atoms with Crippen LogP contribution in [0.5, 0.6) is 11.5 Å². The zero-order valence-electron chi connectivity index (χ0n) is 15.3. The molecule has 3 rings (SSSR count). The van der Waals surface area contributed by atoms with E-state index in [9.17, 15) is 14.4 Å². The highest BCUT2D eigenvalue weighted by Gasteiger charge is 2.21. The molecule has 0 aliphatic heterocycles. The van der Waals surface area contributed by atoms with E-state index in [0.29, 0.717) is 5.13 Å². The molecule has 0 spiro atoms. The fourth-order valence-electron chi connectivity index (χ4n) is 2.35. The molecule has 0 bridgehead atoms. The van der Waals surface area contributed by atoms with Crippen LogP contribution in [0.1, 0.15) is 17.3 Å². The van der Waals surface area contributed by atoms with E-state index in [4.69, 9.17) is 14.7 Å². The van der Waals surface area contributed by atoms with Gasteiger partial charge < -0.3 is 14.7 Å². The van der Waals surface area contributed by atoms with Gasteiger partial charge in [0.25, 0.3) is 5.91 Å². The summed E-state index contributed by atoms with van der Waals surface area (Å²) in [5.74, 6) is 1.62. The van der Waals surface area contributed by atoms with Gasteiger partial charge >= 0.3 is 5.97 Å².